The van der Waals surface area contributed by atoms with Crippen molar-refractivity contribution in [3.63, 3.8) is 0 Å². The van der Waals surface area contributed by atoms with Gasteiger partial charge in [0.25, 0.3) is 0 Å². The Bertz CT molecular complexity index is 485. The zero-order valence-electron chi connectivity index (χ0n) is 10.4. The van der Waals surface area contributed by atoms with Crippen LogP contribution in [0.4, 0.5) is 0 Å². The van der Waals surface area contributed by atoms with E-state index in [2.05, 4.69) is 54.1 Å². The van der Waals surface area contributed by atoms with Gasteiger partial charge in [0.05, 0.1) is 11.7 Å². The maximum atomic E-state index is 4.46. The third-order valence-corrected chi connectivity index (χ3v) is 3.06. The Labute approximate surface area is 96.5 Å². The van der Waals surface area contributed by atoms with Gasteiger partial charge in [0.1, 0.15) is 0 Å². The summed E-state index contributed by atoms with van der Waals surface area (Å²) in [6, 6.07) is 7.15. The maximum Gasteiger partial charge on any atom is 0.0688 e. The predicted octanol–water partition coefficient (Wildman–Crippen LogP) is 2.90. The molecule has 1 aromatic carbocycles. The monoisotopic (exact) mass is 217 g/mol. The van der Waals surface area contributed by atoms with Gasteiger partial charge in [-0.05, 0) is 39.4 Å². The number of nitrogens with one attached hydrogen (secondary N) is 1. The number of aromatic nitrogens is 2. The summed E-state index contributed by atoms with van der Waals surface area (Å²) >= 11 is 0. The first-order valence-corrected chi connectivity index (χ1v) is 5.78. The standard InChI is InChI=1S/C13H19N3/c1-9(2)16-13-7-5-6-11(10(3)14-4)12(13)8-15-16/h5-10,14H,1-4H3. The van der Waals surface area contributed by atoms with E-state index in [-0.39, 0.29) is 0 Å². The minimum Gasteiger partial charge on any atom is -0.313 e. The summed E-state index contributed by atoms with van der Waals surface area (Å²) in [5.74, 6) is 0. The van der Waals surface area contributed by atoms with E-state index in [4.69, 9.17) is 0 Å². The molecular weight excluding hydrogens is 198 g/mol. The third-order valence-electron chi connectivity index (χ3n) is 3.06. The van der Waals surface area contributed by atoms with E-state index in [0.717, 1.165) is 0 Å². The molecule has 2 aromatic rings. The first kappa shape index (κ1) is 11.1. The highest BCUT2D eigenvalue weighted by molar-refractivity contribution is 5.82. The molecule has 0 spiro atoms. The molecule has 2 rings (SSSR count). The molecule has 0 aliphatic carbocycles. The average molecular weight is 217 g/mol. The normalized spacial score (nSPS) is 13.6. The summed E-state index contributed by atoms with van der Waals surface area (Å²) in [4.78, 5) is 0. The molecule has 1 unspecified atom stereocenters. The second-order valence-corrected chi connectivity index (χ2v) is 4.47. The molecule has 86 valence electrons. The summed E-state index contributed by atoms with van der Waals surface area (Å²) in [5.41, 5.74) is 2.53. The van der Waals surface area contributed by atoms with E-state index in [1.807, 2.05) is 13.2 Å². The molecule has 0 fully saturated rings. The van der Waals surface area contributed by atoms with Gasteiger partial charge in [-0.25, -0.2) is 0 Å². The molecule has 1 heterocycles. The summed E-state index contributed by atoms with van der Waals surface area (Å²) in [6.07, 6.45) is 1.97. The Hall–Kier alpha value is -1.35. The summed E-state index contributed by atoms with van der Waals surface area (Å²) in [6.45, 7) is 6.47. The molecule has 0 bridgehead atoms. The lowest BCUT2D eigenvalue weighted by atomic mass is 10.0. The Morgan fingerprint density at radius 3 is 2.62 bits per heavy atom. The summed E-state index contributed by atoms with van der Waals surface area (Å²) in [7, 11) is 1.98. The van der Waals surface area contributed by atoms with Gasteiger partial charge < -0.3 is 5.32 Å². The highest BCUT2D eigenvalue weighted by atomic mass is 15.3. The van der Waals surface area contributed by atoms with Gasteiger partial charge in [-0.1, -0.05) is 12.1 Å². The smallest absolute Gasteiger partial charge is 0.0688 e. The predicted molar refractivity (Wildman–Crippen MR) is 67.6 cm³/mol. The number of benzene rings is 1. The topological polar surface area (TPSA) is 29.9 Å². The maximum absolute atomic E-state index is 4.46. The lowest BCUT2D eigenvalue weighted by Crippen LogP contribution is -2.12. The van der Waals surface area contributed by atoms with Gasteiger partial charge in [0, 0.05) is 17.5 Å². The Balaban J connectivity index is 2.62. The van der Waals surface area contributed by atoms with Gasteiger partial charge in [0.15, 0.2) is 0 Å². The first-order valence-electron chi connectivity index (χ1n) is 5.78. The van der Waals surface area contributed by atoms with E-state index in [9.17, 15) is 0 Å². The number of nitrogens with zero attached hydrogens (tertiary/aromatic N) is 2. The van der Waals surface area contributed by atoms with Crippen molar-refractivity contribution in [3.8, 4) is 0 Å². The van der Waals surface area contributed by atoms with Crippen LogP contribution in [0.25, 0.3) is 10.9 Å². The third kappa shape index (κ3) is 1.71. The van der Waals surface area contributed by atoms with Gasteiger partial charge in [-0.2, -0.15) is 5.10 Å². The number of fused-ring (bicyclic) bond motifs is 1. The lowest BCUT2D eigenvalue weighted by molar-refractivity contribution is 0.551. The van der Waals surface area contributed by atoms with Crippen LogP contribution in [-0.2, 0) is 0 Å². The van der Waals surface area contributed by atoms with Crippen molar-refractivity contribution in [2.45, 2.75) is 32.9 Å². The largest absolute Gasteiger partial charge is 0.313 e. The Morgan fingerprint density at radius 1 is 1.25 bits per heavy atom. The van der Waals surface area contributed by atoms with Crippen LogP contribution in [-0.4, -0.2) is 16.8 Å². The minimum atomic E-state index is 0.355. The molecule has 0 aliphatic rings. The van der Waals surface area contributed by atoms with Gasteiger partial charge in [-0.3, -0.25) is 4.68 Å². The average Bonchev–Trinajstić information content (AvgIpc) is 2.71. The van der Waals surface area contributed by atoms with Crippen molar-refractivity contribution in [2.75, 3.05) is 7.05 Å². The van der Waals surface area contributed by atoms with Crippen molar-refractivity contribution < 1.29 is 0 Å². The van der Waals surface area contributed by atoms with Crippen LogP contribution >= 0.6 is 0 Å². The highest BCUT2D eigenvalue weighted by Gasteiger charge is 2.11. The SMILES string of the molecule is CNC(C)c1cccc2c1cnn2C(C)C. The van der Waals surface area contributed by atoms with Crippen molar-refractivity contribution in [2.24, 2.45) is 0 Å². The van der Waals surface area contributed by atoms with Crippen LogP contribution in [0, 0.1) is 0 Å². The molecule has 1 atom stereocenters. The van der Waals surface area contributed by atoms with Crippen LogP contribution < -0.4 is 5.32 Å². The van der Waals surface area contributed by atoms with Gasteiger partial charge >= 0.3 is 0 Å². The van der Waals surface area contributed by atoms with E-state index in [1.165, 1.54) is 16.5 Å². The van der Waals surface area contributed by atoms with Crippen molar-refractivity contribution >= 4 is 10.9 Å². The Kier molecular flexibility index (Phi) is 2.97. The first-order chi connectivity index (χ1) is 7.65. The van der Waals surface area contributed by atoms with Crippen LogP contribution in [0.5, 0.6) is 0 Å². The molecule has 3 nitrogen and oxygen atoms in total. The summed E-state index contributed by atoms with van der Waals surface area (Å²) < 4.78 is 2.07. The Morgan fingerprint density at radius 2 is 2.00 bits per heavy atom. The molecule has 16 heavy (non-hydrogen) atoms. The molecule has 1 aromatic heterocycles. The van der Waals surface area contributed by atoms with Gasteiger partial charge in [-0.15, -0.1) is 0 Å². The summed E-state index contributed by atoms with van der Waals surface area (Å²) in [5, 5.41) is 8.98. The number of rotatable bonds is 3. The molecule has 0 radical (unpaired) electrons. The van der Waals surface area contributed by atoms with Crippen LogP contribution in [0.1, 0.15) is 38.4 Å². The van der Waals surface area contributed by atoms with Crippen LogP contribution in [0.3, 0.4) is 0 Å². The van der Waals surface area contributed by atoms with Crippen molar-refractivity contribution in [3.05, 3.63) is 30.0 Å². The second-order valence-electron chi connectivity index (χ2n) is 4.47. The van der Waals surface area contributed by atoms with E-state index < -0.39 is 0 Å². The fraction of sp³-hybridized carbons (Fsp3) is 0.462. The van der Waals surface area contributed by atoms with Crippen molar-refractivity contribution in [1.29, 1.82) is 0 Å². The van der Waals surface area contributed by atoms with E-state index >= 15 is 0 Å². The van der Waals surface area contributed by atoms with Crippen LogP contribution in [0.15, 0.2) is 24.4 Å². The molecule has 0 aliphatic heterocycles. The van der Waals surface area contributed by atoms with Gasteiger partial charge in [0.2, 0.25) is 0 Å². The molecule has 3 heteroatoms. The van der Waals surface area contributed by atoms with Crippen molar-refractivity contribution in [1.82, 2.24) is 15.1 Å². The molecule has 1 N–H and O–H groups in total. The zero-order chi connectivity index (χ0) is 11.7. The molecule has 0 amide bonds. The second kappa shape index (κ2) is 4.26. The molecule has 0 saturated carbocycles. The number of hydrogen-bond acceptors (Lipinski definition) is 2. The fourth-order valence-electron chi connectivity index (χ4n) is 2.04. The minimum absolute atomic E-state index is 0.355. The number of hydrogen-bond donors (Lipinski definition) is 1. The lowest BCUT2D eigenvalue weighted by Gasteiger charge is -2.12. The zero-order valence-corrected chi connectivity index (χ0v) is 10.4. The fourth-order valence-corrected chi connectivity index (χ4v) is 2.04. The molecule has 0 saturated heterocycles. The molecular formula is C13H19N3. The van der Waals surface area contributed by atoms with Crippen LogP contribution in [0.2, 0.25) is 0 Å². The quantitative estimate of drug-likeness (QED) is 0.856. The van der Waals surface area contributed by atoms with E-state index in [1.54, 1.807) is 0 Å². The highest BCUT2D eigenvalue weighted by Crippen LogP contribution is 2.25. The van der Waals surface area contributed by atoms with E-state index in [0.29, 0.717) is 12.1 Å².